The number of carbonyl (C=O) groups is 2. The first-order chi connectivity index (χ1) is 10.9. The fraction of sp³-hybridized carbons (Fsp3) is 0.125. The molecule has 2 rings (SSSR count). The molecule has 0 aliphatic carbocycles. The first-order valence-electron chi connectivity index (χ1n) is 6.62. The quantitative estimate of drug-likeness (QED) is 0.894. The molecule has 2 amide bonds. The number of hydrogen-bond acceptors (Lipinski definition) is 3. The molecule has 5 nitrogen and oxygen atoms in total. The number of methoxy groups -OCH3 is 1. The van der Waals surface area contributed by atoms with E-state index in [0.29, 0.717) is 11.4 Å². The molecule has 0 aromatic heterocycles. The van der Waals surface area contributed by atoms with Gasteiger partial charge in [-0.25, -0.2) is 4.39 Å². The molecule has 23 heavy (non-hydrogen) atoms. The lowest BCUT2D eigenvalue weighted by atomic mass is 10.1. The molecule has 7 heteroatoms. The molecule has 2 aromatic rings. The van der Waals surface area contributed by atoms with Gasteiger partial charge in [-0.15, -0.1) is 0 Å². The summed E-state index contributed by atoms with van der Waals surface area (Å²) in [5.74, 6) is -1.05. The van der Waals surface area contributed by atoms with Crippen LogP contribution < -0.4 is 15.4 Å². The molecule has 0 saturated heterocycles. The van der Waals surface area contributed by atoms with Crippen LogP contribution in [0.2, 0.25) is 5.02 Å². The SMILES string of the molecule is COc1cc(NC(C)=O)c(Cl)cc1C(=O)Nc1cccc(F)c1. The predicted molar refractivity (Wildman–Crippen MR) is 86.7 cm³/mol. The third kappa shape index (κ3) is 4.20. The van der Waals surface area contributed by atoms with E-state index in [2.05, 4.69) is 10.6 Å². The highest BCUT2D eigenvalue weighted by atomic mass is 35.5. The second kappa shape index (κ2) is 7.11. The van der Waals surface area contributed by atoms with Crippen LogP contribution in [0.15, 0.2) is 36.4 Å². The molecule has 0 aliphatic rings. The van der Waals surface area contributed by atoms with Crippen molar-refractivity contribution in [1.29, 1.82) is 0 Å². The van der Waals surface area contributed by atoms with E-state index in [9.17, 15) is 14.0 Å². The van der Waals surface area contributed by atoms with Gasteiger partial charge >= 0.3 is 0 Å². The summed E-state index contributed by atoms with van der Waals surface area (Å²) in [4.78, 5) is 23.5. The van der Waals surface area contributed by atoms with Gasteiger partial charge in [-0.1, -0.05) is 17.7 Å². The van der Waals surface area contributed by atoms with Crippen LogP contribution in [0.3, 0.4) is 0 Å². The molecule has 0 radical (unpaired) electrons. The summed E-state index contributed by atoms with van der Waals surface area (Å²) in [5.41, 5.74) is 0.799. The Bertz CT molecular complexity index is 765. The Morgan fingerprint density at radius 3 is 2.52 bits per heavy atom. The summed E-state index contributed by atoms with van der Waals surface area (Å²) in [6.45, 7) is 1.34. The lowest BCUT2D eigenvalue weighted by molar-refractivity contribution is -0.114. The van der Waals surface area contributed by atoms with Gasteiger partial charge in [0, 0.05) is 18.7 Å². The van der Waals surface area contributed by atoms with Gasteiger partial charge in [0.1, 0.15) is 11.6 Å². The van der Waals surface area contributed by atoms with E-state index in [4.69, 9.17) is 16.3 Å². The highest BCUT2D eigenvalue weighted by Gasteiger charge is 2.17. The molecular weight excluding hydrogens is 323 g/mol. The standard InChI is InChI=1S/C16H14ClFN2O3/c1-9(21)19-14-8-15(23-2)12(7-13(14)17)16(22)20-11-5-3-4-10(18)6-11/h3-8H,1-2H3,(H,19,21)(H,20,22). The van der Waals surface area contributed by atoms with E-state index in [1.807, 2.05) is 0 Å². The number of hydrogen-bond donors (Lipinski definition) is 2. The zero-order chi connectivity index (χ0) is 17.0. The number of carbonyl (C=O) groups excluding carboxylic acids is 2. The molecule has 0 atom stereocenters. The van der Waals surface area contributed by atoms with Crippen molar-refractivity contribution in [2.45, 2.75) is 6.92 Å². The molecule has 0 heterocycles. The Kier molecular flexibility index (Phi) is 5.18. The zero-order valence-corrected chi connectivity index (χ0v) is 13.2. The topological polar surface area (TPSA) is 67.4 Å². The van der Waals surface area contributed by atoms with Crippen molar-refractivity contribution in [1.82, 2.24) is 0 Å². The normalized spacial score (nSPS) is 10.1. The number of halogens is 2. The monoisotopic (exact) mass is 336 g/mol. The van der Waals surface area contributed by atoms with Gasteiger partial charge in [-0.2, -0.15) is 0 Å². The maximum absolute atomic E-state index is 13.2. The van der Waals surface area contributed by atoms with Crippen LogP contribution in [0.4, 0.5) is 15.8 Å². The van der Waals surface area contributed by atoms with Crippen LogP contribution in [0.25, 0.3) is 0 Å². The van der Waals surface area contributed by atoms with Crippen LogP contribution in [0.5, 0.6) is 5.75 Å². The highest BCUT2D eigenvalue weighted by molar-refractivity contribution is 6.34. The minimum absolute atomic E-state index is 0.163. The minimum atomic E-state index is -0.510. The molecule has 2 aromatic carbocycles. The fourth-order valence-electron chi connectivity index (χ4n) is 1.95. The number of rotatable bonds is 4. The lowest BCUT2D eigenvalue weighted by Gasteiger charge is -2.13. The molecular formula is C16H14ClFN2O3. The Balaban J connectivity index is 2.32. The molecule has 0 unspecified atom stereocenters. The molecule has 0 aliphatic heterocycles. The van der Waals surface area contributed by atoms with Crippen LogP contribution in [0, 0.1) is 5.82 Å². The van der Waals surface area contributed by atoms with Crippen molar-refractivity contribution in [2.24, 2.45) is 0 Å². The number of benzene rings is 2. The van der Waals surface area contributed by atoms with E-state index in [1.54, 1.807) is 6.07 Å². The minimum Gasteiger partial charge on any atom is -0.496 e. The van der Waals surface area contributed by atoms with E-state index in [-0.39, 0.29) is 22.2 Å². The maximum Gasteiger partial charge on any atom is 0.259 e. The Hall–Kier alpha value is -2.60. The van der Waals surface area contributed by atoms with Crippen molar-refractivity contribution >= 4 is 34.8 Å². The average Bonchev–Trinajstić information content (AvgIpc) is 2.48. The molecule has 0 fully saturated rings. The van der Waals surface area contributed by atoms with E-state index < -0.39 is 11.7 Å². The van der Waals surface area contributed by atoms with Gasteiger partial charge in [0.05, 0.1) is 23.4 Å². The van der Waals surface area contributed by atoms with Crippen LogP contribution in [-0.2, 0) is 4.79 Å². The summed E-state index contributed by atoms with van der Waals surface area (Å²) in [6, 6.07) is 8.33. The maximum atomic E-state index is 13.2. The molecule has 2 N–H and O–H groups in total. The van der Waals surface area contributed by atoms with Gasteiger partial charge < -0.3 is 15.4 Å². The Labute approximate surface area is 137 Å². The summed E-state index contributed by atoms with van der Waals surface area (Å²) < 4.78 is 18.3. The predicted octanol–water partition coefficient (Wildman–Crippen LogP) is 3.70. The first-order valence-corrected chi connectivity index (χ1v) is 7.00. The van der Waals surface area contributed by atoms with Crippen molar-refractivity contribution in [3.63, 3.8) is 0 Å². The van der Waals surface area contributed by atoms with Crippen LogP contribution in [-0.4, -0.2) is 18.9 Å². The largest absolute Gasteiger partial charge is 0.496 e. The van der Waals surface area contributed by atoms with Crippen LogP contribution >= 0.6 is 11.6 Å². The van der Waals surface area contributed by atoms with E-state index in [1.165, 1.54) is 44.4 Å². The smallest absolute Gasteiger partial charge is 0.259 e. The fourth-order valence-corrected chi connectivity index (χ4v) is 2.16. The molecule has 0 bridgehead atoms. The zero-order valence-electron chi connectivity index (χ0n) is 12.4. The second-order valence-corrected chi connectivity index (χ2v) is 5.09. The average molecular weight is 337 g/mol. The third-order valence-corrected chi connectivity index (χ3v) is 3.24. The van der Waals surface area contributed by atoms with Crippen molar-refractivity contribution in [2.75, 3.05) is 17.7 Å². The van der Waals surface area contributed by atoms with Gasteiger partial charge in [-0.05, 0) is 24.3 Å². The Morgan fingerprint density at radius 2 is 1.91 bits per heavy atom. The Morgan fingerprint density at radius 1 is 1.17 bits per heavy atom. The first kappa shape index (κ1) is 16.8. The van der Waals surface area contributed by atoms with Gasteiger partial charge in [0.15, 0.2) is 0 Å². The molecule has 0 spiro atoms. The van der Waals surface area contributed by atoms with E-state index in [0.717, 1.165) is 0 Å². The van der Waals surface area contributed by atoms with Crippen molar-refractivity contribution in [3.05, 3.63) is 52.8 Å². The highest BCUT2D eigenvalue weighted by Crippen LogP contribution is 2.31. The lowest BCUT2D eigenvalue weighted by Crippen LogP contribution is -2.14. The second-order valence-electron chi connectivity index (χ2n) is 4.68. The summed E-state index contributed by atoms with van der Waals surface area (Å²) in [7, 11) is 1.39. The van der Waals surface area contributed by atoms with Gasteiger partial charge in [0.25, 0.3) is 5.91 Å². The number of amides is 2. The number of anilines is 2. The van der Waals surface area contributed by atoms with Gasteiger partial charge in [-0.3, -0.25) is 9.59 Å². The van der Waals surface area contributed by atoms with Crippen LogP contribution in [0.1, 0.15) is 17.3 Å². The number of nitrogens with one attached hydrogen (secondary N) is 2. The molecule has 0 saturated carbocycles. The third-order valence-electron chi connectivity index (χ3n) is 2.93. The van der Waals surface area contributed by atoms with Crippen molar-refractivity contribution < 1.29 is 18.7 Å². The summed E-state index contributed by atoms with van der Waals surface area (Å²) >= 11 is 6.06. The number of ether oxygens (including phenoxy) is 1. The molecule has 120 valence electrons. The van der Waals surface area contributed by atoms with Gasteiger partial charge in [0.2, 0.25) is 5.91 Å². The summed E-state index contributed by atoms with van der Waals surface area (Å²) in [6.07, 6.45) is 0. The van der Waals surface area contributed by atoms with Crippen molar-refractivity contribution in [3.8, 4) is 5.75 Å². The summed E-state index contributed by atoms with van der Waals surface area (Å²) in [5, 5.41) is 5.28. The van der Waals surface area contributed by atoms with E-state index >= 15 is 0 Å².